The third-order valence-electron chi connectivity index (χ3n) is 4.66. The fourth-order valence-corrected chi connectivity index (χ4v) is 7.60. The molecular weight excluding hydrogens is 337 g/mol. The lowest BCUT2D eigenvalue weighted by Gasteiger charge is -2.26. The number of aryl methyl sites for hydroxylation is 1. The minimum absolute atomic E-state index is 0.825. The summed E-state index contributed by atoms with van der Waals surface area (Å²) in [5.74, 6) is 0.937. The van der Waals surface area contributed by atoms with E-state index in [1.807, 2.05) is 6.92 Å². The van der Waals surface area contributed by atoms with Gasteiger partial charge in [-0.2, -0.15) is 0 Å². The number of aromatic nitrogens is 1. The van der Waals surface area contributed by atoms with E-state index in [4.69, 9.17) is 4.52 Å². The van der Waals surface area contributed by atoms with Crippen molar-refractivity contribution in [2.45, 2.75) is 13.1 Å². The van der Waals surface area contributed by atoms with E-state index in [0.29, 0.717) is 0 Å². The summed E-state index contributed by atoms with van der Waals surface area (Å²) in [6.07, 6.45) is 0.825. The van der Waals surface area contributed by atoms with Crippen molar-refractivity contribution in [3.8, 4) is 0 Å². The number of hydrogen-bond donors (Lipinski definition) is 0. The first kappa shape index (κ1) is 16.8. The maximum atomic E-state index is 5.66. The van der Waals surface area contributed by atoms with Crippen molar-refractivity contribution in [3.05, 3.63) is 109 Å². The van der Waals surface area contributed by atoms with Gasteiger partial charge in [-0.05, 0) is 43.3 Å². The van der Waals surface area contributed by atoms with Gasteiger partial charge in [-0.25, -0.2) is 0 Å². The van der Waals surface area contributed by atoms with Gasteiger partial charge in [-0.1, -0.05) is 59.8 Å². The minimum atomic E-state index is -1.90. The van der Waals surface area contributed by atoms with Crippen LogP contribution in [-0.4, -0.2) is 5.16 Å². The third kappa shape index (κ3) is 3.09. The molecular formula is C23H21NOP+. The van der Waals surface area contributed by atoms with Crippen LogP contribution in [0.2, 0.25) is 0 Å². The Bertz CT molecular complexity index is 868. The number of hydrogen-bond acceptors (Lipinski definition) is 2. The molecule has 0 N–H and O–H groups in total. The highest BCUT2D eigenvalue weighted by molar-refractivity contribution is 7.95. The standard InChI is InChI=1S/C23H21NOP/c1-19-17-20(25-24-19)18-26(21-11-5-2-6-12-21,22-13-7-3-8-14-22)23-15-9-4-10-16-23/h2-17H,18H2,1H3/q+1. The molecule has 128 valence electrons. The monoisotopic (exact) mass is 358 g/mol. The lowest BCUT2D eigenvalue weighted by Crippen LogP contribution is -2.32. The first-order valence-electron chi connectivity index (χ1n) is 8.76. The van der Waals surface area contributed by atoms with Crippen LogP contribution in [0, 0.1) is 6.92 Å². The Balaban J connectivity index is 2.00. The number of rotatable bonds is 5. The van der Waals surface area contributed by atoms with Crippen molar-refractivity contribution in [2.24, 2.45) is 0 Å². The van der Waals surface area contributed by atoms with Crippen LogP contribution in [0.4, 0.5) is 0 Å². The van der Waals surface area contributed by atoms with Crippen molar-refractivity contribution in [1.29, 1.82) is 0 Å². The van der Waals surface area contributed by atoms with Crippen LogP contribution in [0.25, 0.3) is 0 Å². The van der Waals surface area contributed by atoms with E-state index in [1.165, 1.54) is 15.9 Å². The molecule has 26 heavy (non-hydrogen) atoms. The second kappa shape index (κ2) is 7.27. The average Bonchev–Trinajstić information content (AvgIpc) is 3.13. The topological polar surface area (TPSA) is 26.0 Å². The summed E-state index contributed by atoms with van der Waals surface area (Å²) in [7, 11) is -1.90. The van der Waals surface area contributed by atoms with E-state index in [2.05, 4.69) is 102 Å². The Morgan fingerprint density at radius 1 is 0.692 bits per heavy atom. The van der Waals surface area contributed by atoms with Crippen LogP contribution in [0.15, 0.2) is 102 Å². The summed E-state index contributed by atoms with van der Waals surface area (Å²) in [6.45, 7) is 1.97. The van der Waals surface area contributed by atoms with Gasteiger partial charge >= 0.3 is 0 Å². The Morgan fingerprint density at radius 2 is 1.12 bits per heavy atom. The van der Waals surface area contributed by atoms with Crippen molar-refractivity contribution in [1.82, 2.24) is 5.16 Å². The summed E-state index contributed by atoms with van der Waals surface area (Å²) in [6, 6.07) is 34.5. The van der Waals surface area contributed by atoms with Crippen molar-refractivity contribution in [3.63, 3.8) is 0 Å². The molecule has 0 atom stereocenters. The molecule has 4 rings (SSSR count). The molecule has 0 saturated heterocycles. The van der Waals surface area contributed by atoms with E-state index in [9.17, 15) is 0 Å². The summed E-state index contributed by atoms with van der Waals surface area (Å²) in [4.78, 5) is 0. The maximum absolute atomic E-state index is 5.66. The summed E-state index contributed by atoms with van der Waals surface area (Å²) in [5, 5.41) is 8.18. The van der Waals surface area contributed by atoms with Gasteiger partial charge in [0.15, 0.2) is 5.76 Å². The molecule has 0 fully saturated rings. The second-order valence-corrected chi connectivity index (χ2v) is 9.89. The predicted octanol–water partition coefficient (Wildman–Crippen LogP) is 4.48. The Morgan fingerprint density at radius 3 is 1.46 bits per heavy atom. The fourth-order valence-electron chi connectivity index (χ4n) is 3.49. The molecule has 3 aromatic carbocycles. The fraction of sp³-hybridized carbons (Fsp3) is 0.0870. The van der Waals surface area contributed by atoms with Crippen LogP contribution in [-0.2, 0) is 6.16 Å². The van der Waals surface area contributed by atoms with Gasteiger partial charge < -0.3 is 4.52 Å². The Kier molecular flexibility index (Phi) is 4.69. The highest BCUT2D eigenvalue weighted by Crippen LogP contribution is 2.58. The Labute approximate surface area is 154 Å². The largest absolute Gasteiger partial charge is 0.357 e. The molecule has 0 radical (unpaired) electrons. The van der Waals surface area contributed by atoms with Crippen LogP contribution in [0.5, 0.6) is 0 Å². The van der Waals surface area contributed by atoms with Gasteiger partial charge in [0, 0.05) is 6.07 Å². The van der Waals surface area contributed by atoms with Gasteiger partial charge in [0.05, 0.1) is 5.69 Å². The van der Waals surface area contributed by atoms with Crippen molar-refractivity contribution >= 4 is 23.2 Å². The lowest BCUT2D eigenvalue weighted by atomic mass is 10.3. The van der Waals surface area contributed by atoms with Gasteiger partial charge in [-0.15, -0.1) is 0 Å². The van der Waals surface area contributed by atoms with E-state index in [-0.39, 0.29) is 0 Å². The molecule has 0 bridgehead atoms. The zero-order valence-corrected chi connectivity index (χ0v) is 15.6. The number of benzene rings is 3. The molecule has 4 aromatic rings. The summed E-state index contributed by atoms with van der Waals surface area (Å²) < 4.78 is 5.66. The van der Waals surface area contributed by atoms with Gasteiger partial charge in [0.25, 0.3) is 0 Å². The SMILES string of the molecule is Cc1cc(C[P+](c2ccccc2)(c2ccccc2)c2ccccc2)on1. The minimum Gasteiger partial charge on any atom is -0.357 e. The van der Waals surface area contributed by atoms with Crippen LogP contribution >= 0.6 is 7.26 Å². The van der Waals surface area contributed by atoms with Gasteiger partial charge in [-0.3, -0.25) is 0 Å². The molecule has 0 spiro atoms. The molecule has 1 aromatic heterocycles. The van der Waals surface area contributed by atoms with Crippen molar-refractivity contribution in [2.75, 3.05) is 0 Å². The molecule has 3 heteroatoms. The summed E-state index contributed by atoms with van der Waals surface area (Å²) in [5.41, 5.74) is 0.923. The van der Waals surface area contributed by atoms with Crippen molar-refractivity contribution < 1.29 is 4.52 Å². The number of nitrogens with zero attached hydrogens (tertiary/aromatic N) is 1. The highest BCUT2D eigenvalue weighted by atomic mass is 31.2. The van der Waals surface area contributed by atoms with E-state index < -0.39 is 7.26 Å². The molecule has 0 unspecified atom stereocenters. The van der Waals surface area contributed by atoms with Crippen LogP contribution < -0.4 is 15.9 Å². The average molecular weight is 358 g/mol. The van der Waals surface area contributed by atoms with E-state index in [1.54, 1.807) is 0 Å². The Hall–Kier alpha value is -2.70. The molecule has 2 nitrogen and oxygen atoms in total. The van der Waals surface area contributed by atoms with Crippen LogP contribution in [0.1, 0.15) is 11.5 Å². The zero-order valence-electron chi connectivity index (χ0n) is 14.7. The molecule has 0 amide bonds. The quantitative estimate of drug-likeness (QED) is 0.492. The first-order chi connectivity index (χ1) is 12.8. The highest BCUT2D eigenvalue weighted by Gasteiger charge is 2.46. The van der Waals surface area contributed by atoms with E-state index >= 15 is 0 Å². The van der Waals surface area contributed by atoms with Gasteiger partial charge in [0.2, 0.25) is 0 Å². The molecule has 0 aliphatic heterocycles. The smallest absolute Gasteiger partial charge is 0.175 e. The molecule has 0 saturated carbocycles. The molecule has 1 heterocycles. The molecule has 0 aliphatic carbocycles. The zero-order chi connectivity index (χ0) is 17.8. The predicted molar refractivity (Wildman–Crippen MR) is 110 cm³/mol. The maximum Gasteiger partial charge on any atom is 0.175 e. The molecule has 0 aliphatic rings. The first-order valence-corrected chi connectivity index (χ1v) is 10.7. The van der Waals surface area contributed by atoms with E-state index in [0.717, 1.165) is 17.6 Å². The lowest BCUT2D eigenvalue weighted by molar-refractivity contribution is 0.390. The van der Waals surface area contributed by atoms with Gasteiger partial charge in [0.1, 0.15) is 29.3 Å². The second-order valence-electron chi connectivity index (χ2n) is 6.41. The van der Waals surface area contributed by atoms with Crippen LogP contribution in [0.3, 0.4) is 0 Å². The summed E-state index contributed by atoms with van der Waals surface area (Å²) >= 11 is 0. The normalized spacial score (nSPS) is 11.4. The third-order valence-corrected chi connectivity index (χ3v) is 8.99.